The summed E-state index contributed by atoms with van der Waals surface area (Å²) in [5.41, 5.74) is 1.88. The molecule has 2 amide bonds. The lowest BCUT2D eigenvalue weighted by atomic mass is 10.0. The minimum atomic E-state index is -0.687. The number of amides is 2. The first-order chi connectivity index (χ1) is 17.5. The maximum absolute atomic E-state index is 13.6. The number of nitrogens with zero attached hydrogens (tertiary/aromatic N) is 1. The highest BCUT2D eigenvalue weighted by Gasteiger charge is 2.30. The van der Waals surface area contributed by atoms with Crippen molar-refractivity contribution in [3.05, 3.63) is 96.1 Å². The Balaban J connectivity index is 1.87. The lowest BCUT2D eigenvalue weighted by Gasteiger charge is -2.31. The van der Waals surface area contributed by atoms with Crippen molar-refractivity contribution in [2.75, 3.05) is 20.3 Å². The maximum Gasteiger partial charge on any atom is 0.261 e. The minimum Gasteiger partial charge on any atom is -0.497 e. The Morgan fingerprint density at radius 1 is 0.833 bits per heavy atom. The van der Waals surface area contributed by atoms with Crippen LogP contribution in [0.4, 0.5) is 0 Å². The fourth-order valence-corrected chi connectivity index (χ4v) is 3.83. The van der Waals surface area contributed by atoms with E-state index in [4.69, 9.17) is 9.47 Å². The monoisotopic (exact) mass is 488 g/mol. The Morgan fingerprint density at radius 3 is 2.08 bits per heavy atom. The second-order valence-electron chi connectivity index (χ2n) is 9.15. The number of para-hydroxylation sites is 1. The molecular formula is C30H36N2O4. The van der Waals surface area contributed by atoms with Crippen molar-refractivity contribution in [2.24, 2.45) is 5.92 Å². The average molecular weight is 489 g/mol. The van der Waals surface area contributed by atoms with Gasteiger partial charge in [-0.1, -0.05) is 74.5 Å². The van der Waals surface area contributed by atoms with E-state index >= 15 is 0 Å². The van der Waals surface area contributed by atoms with Crippen LogP contribution in [0.2, 0.25) is 0 Å². The molecule has 0 spiro atoms. The number of hydrogen-bond acceptors (Lipinski definition) is 4. The van der Waals surface area contributed by atoms with Gasteiger partial charge >= 0.3 is 0 Å². The van der Waals surface area contributed by atoms with Crippen LogP contribution in [-0.4, -0.2) is 43.0 Å². The first-order valence-corrected chi connectivity index (χ1v) is 12.4. The summed E-state index contributed by atoms with van der Waals surface area (Å²) in [6.07, 6.45) is 1.27. The SMILES string of the molecule is COc1ccc(CN(C(=O)COc2ccccc2)[C@H](Cc2ccccc2)C(=O)NCCC(C)C)cc1. The normalized spacial score (nSPS) is 11.6. The molecule has 0 saturated heterocycles. The van der Waals surface area contributed by atoms with Crippen molar-refractivity contribution in [2.45, 2.75) is 39.3 Å². The Bertz CT molecular complexity index is 1070. The molecule has 0 unspecified atom stereocenters. The minimum absolute atomic E-state index is 0.162. The van der Waals surface area contributed by atoms with E-state index in [1.807, 2.05) is 72.8 Å². The Morgan fingerprint density at radius 2 is 1.47 bits per heavy atom. The third-order valence-electron chi connectivity index (χ3n) is 5.91. The van der Waals surface area contributed by atoms with Crippen LogP contribution >= 0.6 is 0 Å². The highest BCUT2D eigenvalue weighted by molar-refractivity contribution is 5.88. The zero-order chi connectivity index (χ0) is 25.8. The Hall–Kier alpha value is -3.80. The Labute approximate surface area is 214 Å². The van der Waals surface area contributed by atoms with Gasteiger partial charge in [0, 0.05) is 19.5 Å². The van der Waals surface area contributed by atoms with Crippen molar-refractivity contribution in [3.8, 4) is 11.5 Å². The van der Waals surface area contributed by atoms with Gasteiger partial charge in [0.25, 0.3) is 5.91 Å². The van der Waals surface area contributed by atoms with Gasteiger partial charge in [-0.15, -0.1) is 0 Å². The van der Waals surface area contributed by atoms with E-state index in [2.05, 4.69) is 19.2 Å². The van der Waals surface area contributed by atoms with Crippen LogP contribution in [0.5, 0.6) is 11.5 Å². The van der Waals surface area contributed by atoms with Crippen molar-refractivity contribution in [1.82, 2.24) is 10.2 Å². The smallest absolute Gasteiger partial charge is 0.261 e. The molecule has 0 fully saturated rings. The largest absolute Gasteiger partial charge is 0.497 e. The fourth-order valence-electron chi connectivity index (χ4n) is 3.83. The standard InChI is InChI=1S/C30H36N2O4/c1-23(2)18-19-31-30(34)28(20-24-10-6-4-7-11-24)32(21-25-14-16-26(35-3)17-15-25)29(33)22-36-27-12-8-5-9-13-27/h4-17,23,28H,18-22H2,1-3H3,(H,31,34)/t28-/m1/s1. The van der Waals surface area contributed by atoms with E-state index in [0.29, 0.717) is 24.6 Å². The maximum atomic E-state index is 13.6. The van der Waals surface area contributed by atoms with Crippen molar-refractivity contribution >= 4 is 11.8 Å². The summed E-state index contributed by atoms with van der Waals surface area (Å²) in [7, 11) is 1.61. The lowest BCUT2D eigenvalue weighted by molar-refractivity contribution is -0.142. The zero-order valence-corrected chi connectivity index (χ0v) is 21.4. The van der Waals surface area contributed by atoms with Crippen molar-refractivity contribution < 1.29 is 19.1 Å². The van der Waals surface area contributed by atoms with Gasteiger partial charge in [-0.3, -0.25) is 9.59 Å². The summed E-state index contributed by atoms with van der Waals surface area (Å²) in [5.74, 6) is 1.39. The van der Waals surface area contributed by atoms with E-state index < -0.39 is 6.04 Å². The van der Waals surface area contributed by atoms with E-state index in [0.717, 1.165) is 23.3 Å². The number of carbonyl (C=O) groups is 2. The predicted molar refractivity (Wildman–Crippen MR) is 142 cm³/mol. The van der Waals surface area contributed by atoms with Gasteiger partial charge in [-0.05, 0) is 47.7 Å². The lowest BCUT2D eigenvalue weighted by Crippen LogP contribution is -2.52. The zero-order valence-electron chi connectivity index (χ0n) is 21.4. The van der Waals surface area contributed by atoms with E-state index in [9.17, 15) is 9.59 Å². The molecule has 0 aliphatic heterocycles. The Kier molecular flexibility index (Phi) is 10.4. The van der Waals surface area contributed by atoms with E-state index in [1.54, 1.807) is 24.1 Å². The van der Waals surface area contributed by atoms with Crippen LogP contribution in [-0.2, 0) is 22.6 Å². The van der Waals surface area contributed by atoms with E-state index in [1.165, 1.54) is 0 Å². The van der Waals surface area contributed by atoms with Crippen LogP contribution in [0.3, 0.4) is 0 Å². The molecule has 1 N–H and O–H groups in total. The molecule has 1 atom stereocenters. The second-order valence-corrected chi connectivity index (χ2v) is 9.15. The molecule has 0 aromatic heterocycles. The number of carbonyl (C=O) groups excluding carboxylic acids is 2. The topological polar surface area (TPSA) is 67.9 Å². The quantitative estimate of drug-likeness (QED) is 0.373. The van der Waals surface area contributed by atoms with Gasteiger partial charge in [0.05, 0.1) is 7.11 Å². The molecule has 0 radical (unpaired) electrons. The molecule has 36 heavy (non-hydrogen) atoms. The molecule has 6 heteroatoms. The number of ether oxygens (including phenoxy) is 2. The predicted octanol–water partition coefficient (Wildman–Crippen LogP) is 4.88. The molecule has 0 heterocycles. The molecule has 3 aromatic rings. The highest BCUT2D eigenvalue weighted by Crippen LogP contribution is 2.18. The van der Waals surface area contributed by atoms with Crippen LogP contribution in [0.1, 0.15) is 31.4 Å². The number of methoxy groups -OCH3 is 1. The van der Waals surface area contributed by atoms with Crippen LogP contribution in [0.25, 0.3) is 0 Å². The summed E-state index contributed by atoms with van der Waals surface area (Å²) in [6, 6.07) is 25.8. The van der Waals surface area contributed by atoms with Crippen LogP contribution in [0, 0.1) is 5.92 Å². The molecule has 0 saturated carbocycles. The molecule has 3 aromatic carbocycles. The number of hydrogen-bond donors (Lipinski definition) is 1. The van der Waals surface area contributed by atoms with Crippen LogP contribution < -0.4 is 14.8 Å². The molecule has 190 valence electrons. The van der Waals surface area contributed by atoms with Gasteiger partial charge in [-0.2, -0.15) is 0 Å². The van der Waals surface area contributed by atoms with Gasteiger partial charge in [-0.25, -0.2) is 0 Å². The van der Waals surface area contributed by atoms with E-state index in [-0.39, 0.29) is 25.0 Å². The molecule has 3 rings (SSSR count). The van der Waals surface area contributed by atoms with Gasteiger partial charge in [0.15, 0.2) is 6.61 Å². The third-order valence-corrected chi connectivity index (χ3v) is 5.91. The molecule has 6 nitrogen and oxygen atoms in total. The fraction of sp³-hybridized carbons (Fsp3) is 0.333. The summed E-state index contributed by atoms with van der Waals surface area (Å²) in [4.78, 5) is 28.7. The van der Waals surface area contributed by atoms with Crippen LogP contribution in [0.15, 0.2) is 84.9 Å². The van der Waals surface area contributed by atoms with Gasteiger partial charge < -0.3 is 19.7 Å². The average Bonchev–Trinajstić information content (AvgIpc) is 2.90. The van der Waals surface area contributed by atoms with Gasteiger partial charge in [0.2, 0.25) is 5.91 Å². The number of nitrogens with one attached hydrogen (secondary N) is 1. The number of benzene rings is 3. The first-order valence-electron chi connectivity index (χ1n) is 12.4. The van der Waals surface area contributed by atoms with Gasteiger partial charge in [0.1, 0.15) is 17.5 Å². The summed E-state index contributed by atoms with van der Waals surface area (Å²) >= 11 is 0. The molecule has 0 aliphatic carbocycles. The molecule has 0 bridgehead atoms. The third kappa shape index (κ3) is 8.45. The first kappa shape index (κ1) is 26.8. The molecule has 0 aliphatic rings. The van der Waals surface area contributed by atoms with Crippen molar-refractivity contribution in [1.29, 1.82) is 0 Å². The van der Waals surface area contributed by atoms with Crippen molar-refractivity contribution in [3.63, 3.8) is 0 Å². The summed E-state index contributed by atoms with van der Waals surface area (Å²) < 4.78 is 11.0. The molecular weight excluding hydrogens is 452 g/mol. The second kappa shape index (κ2) is 13.9. The summed E-state index contributed by atoms with van der Waals surface area (Å²) in [5, 5.41) is 3.05. The number of rotatable bonds is 13. The highest BCUT2D eigenvalue weighted by atomic mass is 16.5. The summed E-state index contributed by atoms with van der Waals surface area (Å²) in [6.45, 7) is 4.91.